The molecule has 0 unspecified atom stereocenters. The molecule has 24 heavy (non-hydrogen) atoms. The molecule has 2 aromatic carbocycles. The van der Waals surface area contributed by atoms with Crippen LogP contribution in [0.3, 0.4) is 0 Å². The minimum atomic E-state index is -3.68. The number of hydrogen-bond acceptors (Lipinski definition) is 2. The Labute approximate surface area is 144 Å². The summed E-state index contributed by atoms with van der Waals surface area (Å²) >= 11 is 0. The van der Waals surface area contributed by atoms with Crippen molar-refractivity contribution >= 4 is 10.0 Å². The summed E-state index contributed by atoms with van der Waals surface area (Å²) in [7, 11) is -3.68. The Balaban J connectivity index is 2.28. The van der Waals surface area contributed by atoms with Crippen LogP contribution in [0.5, 0.6) is 0 Å². The molecule has 0 aliphatic heterocycles. The SMILES string of the molecule is CC(C)(C)c1ccc(S(=O)(=O)NC(C)(C)c2ccc(F)cc2)cc1. The van der Waals surface area contributed by atoms with Crippen LogP contribution in [0.4, 0.5) is 4.39 Å². The van der Waals surface area contributed by atoms with E-state index in [0.29, 0.717) is 5.56 Å². The van der Waals surface area contributed by atoms with Gasteiger partial charge in [0.05, 0.1) is 10.4 Å². The van der Waals surface area contributed by atoms with Crippen LogP contribution in [-0.4, -0.2) is 8.42 Å². The van der Waals surface area contributed by atoms with E-state index in [0.717, 1.165) is 5.56 Å². The van der Waals surface area contributed by atoms with Crippen LogP contribution in [-0.2, 0) is 21.0 Å². The van der Waals surface area contributed by atoms with Gasteiger partial charge in [0, 0.05) is 0 Å². The maximum absolute atomic E-state index is 13.1. The van der Waals surface area contributed by atoms with Crippen molar-refractivity contribution in [2.24, 2.45) is 0 Å². The van der Waals surface area contributed by atoms with Crippen molar-refractivity contribution in [2.75, 3.05) is 0 Å². The average molecular weight is 349 g/mol. The van der Waals surface area contributed by atoms with E-state index in [-0.39, 0.29) is 16.1 Å². The molecule has 0 fully saturated rings. The lowest BCUT2D eigenvalue weighted by atomic mass is 9.87. The fraction of sp³-hybridized carbons (Fsp3) is 0.368. The molecule has 0 saturated heterocycles. The smallest absolute Gasteiger partial charge is 0.207 e. The number of halogens is 1. The van der Waals surface area contributed by atoms with Crippen LogP contribution < -0.4 is 4.72 Å². The summed E-state index contributed by atoms with van der Waals surface area (Å²) in [6.45, 7) is 9.73. The first-order chi connectivity index (χ1) is 10.9. The molecule has 0 atom stereocenters. The molecule has 0 heterocycles. The highest BCUT2D eigenvalue weighted by Crippen LogP contribution is 2.26. The van der Waals surface area contributed by atoms with E-state index in [1.165, 1.54) is 12.1 Å². The molecule has 0 bridgehead atoms. The quantitative estimate of drug-likeness (QED) is 0.893. The zero-order chi connectivity index (χ0) is 18.2. The van der Waals surface area contributed by atoms with E-state index in [1.54, 1.807) is 38.1 Å². The van der Waals surface area contributed by atoms with Crippen molar-refractivity contribution in [1.82, 2.24) is 4.72 Å². The van der Waals surface area contributed by atoms with Gasteiger partial charge in [0.2, 0.25) is 10.0 Å². The maximum atomic E-state index is 13.1. The monoisotopic (exact) mass is 349 g/mol. The Morgan fingerprint density at radius 3 is 1.71 bits per heavy atom. The predicted octanol–water partition coefficient (Wildman–Crippen LogP) is 4.34. The summed E-state index contributed by atoms with van der Waals surface area (Å²) in [5.41, 5.74) is 0.872. The molecule has 0 saturated carbocycles. The molecule has 5 heteroatoms. The molecule has 130 valence electrons. The molecule has 2 aromatic rings. The topological polar surface area (TPSA) is 46.2 Å². The zero-order valence-electron chi connectivity index (χ0n) is 14.7. The summed E-state index contributed by atoms with van der Waals surface area (Å²) in [6, 6.07) is 12.7. The van der Waals surface area contributed by atoms with E-state index in [9.17, 15) is 12.8 Å². The lowest BCUT2D eigenvalue weighted by Gasteiger charge is -2.27. The Hall–Kier alpha value is -1.72. The van der Waals surface area contributed by atoms with Gasteiger partial charge in [-0.2, -0.15) is 0 Å². The van der Waals surface area contributed by atoms with Crippen LogP contribution in [0.1, 0.15) is 45.7 Å². The van der Waals surface area contributed by atoms with Crippen molar-refractivity contribution in [2.45, 2.75) is 50.5 Å². The normalized spacial score (nSPS) is 13.1. The Kier molecular flexibility index (Phi) is 4.88. The van der Waals surface area contributed by atoms with E-state index in [4.69, 9.17) is 0 Å². The van der Waals surface area contributed by atoms with Crippen LogP contribution in [0.2, 0.25) is 0 Å². The van der Waals surface area contributed by atoms with Crippen LogP contribution in [0.15, 0.2) is 53.4 Å². The molecule has 0 amide bonds. The fourth-order valence-corrected chi connectivity index (χ4v) is 3.86. The molecule has 0 aliphatic carbocycles. The number of rotatable bonds is 4. The van der Waals surface area contributed by atoms with Crippen LogP contribution in [0, 0.1) is 5.82 Å². The maximum Gasteiger partial charge on any atom is 0.241 e. The molecular weight excluding hydrogens is 325 g/mol. The first-order valence-electron chi connectivity index (χ1n) is 7.82. The molecule has 0 radical (unpaired) electrons. The summed E-state index contributed by atoms with van der Waals surface area (Å²) in [5, 5.41) is 0. The lowest BCUT2D eigenvalue weighted by molar-refractivity contribution is 0.471. The number of benzene rings is 2. The molecule has 1 N–H and O–H groups in total. The number of hydrogen-bond donors (Lipinski definition) is 1. The molecule has 0 aliphatic rings. The van der Waals surface area contributed by atoms with E-state index >= 15 is 0 Å². The first-order valence-corrected chi connectivity index (χ1v) is 9.31. The summed E-state index contributed by atoms with van der Waals surface area (Å²) in [4.78, 5) is 0.214. The lowest BCUT2D eigenvalue weighted by Crippen LogP contribution is -2.40. The molecule has 3 nitrogen and oxygen atoms in total. The minimum absolute atomic E-state index is 0.0386. The second-order valence-corrected chi connectivity index (χ2v) is 9.19. The van der Waals surface area contributed by atoms with E-state index in [2.05, 4.69) is 25.5 Å². The van der Waals surface area contributed by atoms with Crippen LogP contribution in [0.25, 0.3) is 0 Å². The average Bonchev–Trinajstić information content (AvgIpc) is 2.46. The Morgan fingerprint density at radius 1 is 0.792 bits per heavy atom. The van der Waals surface area contributed by atoms with Gasteiger partial charge in [0.25, 0.3) is 0 Å². The third-order valence-electron chi connectivity index (χ3n) is 3.99. The number of sulfonamides is 1. The van der Waals surface area contributed by atoms with Gasteiger partial charge in [0.15, 0.2) is 0 Å². The first kappa shape index (κ1) is 18.6. The minimum Gasteiger partial charge on any atom is -0.207 e. The second kappa shape index (κ2) is 6.30. The van der Waals surface area contributed by atoms with Gasteiger partial charge in [-0.15, -0.1) is 0 Å². The van der Waals surface area contributed by atoms with Gasteiger partial charge in [0.1, 0.15) is 5.82 Å². The van der Waals surface area contributed by atoms with Gasteiger partial charge in [-0.3, -0.25) is 0 Å². The van der Waals surface area contributed by atoms with Crippen molar-refractivity contribution in [3.63, 3.8) is 0 Å². The zero-order valence-corrected chi connectivity index (χ0v) is 15.5. The summed E-state index contributed by atoms with van der Waals surface area (Å²) in [6.07, 6.45) is 0. The standard InChI is InChI=1S/C19H24FNO2S/c1-18(2,3)14-8-12-17(13-9-14)24(22,23)21-19(4,5)15-6-10-16(20)11-7-15/h6-13,21H,1-5H3. The predicted molar refractivity (Wildman–Crippen MR) is 94.9 cm³/mol. The van der Waals surface area contributed by atoms with E-state index in [1.807, 2.05) is 12.1 Å². The van der Waals surface area contributed by atoms with Gasteiger partial charge in [-0.25, -0.2) is 17.5 Å². The highest BCUT2D eigenvalue weighted by molar-refractivity contribution is 7.89. The van der Waals surface area contributed by atoms with Crippen LogP contribution >= 0.6 is 0 Å². The van der Waals surface area contributed by atoms with Gasteiger partial charge in [-0.1, -0.05) is 45.0 Å². The van der Waals surface area contributed by atoms with Gasteiger partial charge in [-0.05, 0) is 54.7 Å². The van der Waals surface area contributed by atoms with Crippen molar-refractivity contribution in [3.05, 3.63) is 65.5 Å². The highest BCUT2D eigenvalue weighted by atomic mass is 32.2. The molecule has 0 aromatic heterocycles. The third kappa shape index (κ3) is 4.22. The Bertz CT molecular complexity index is 802. The van der Waals surface area contributed by atoms with Gasteiger partial charge >= 0.3 is 0 Å². The summed E-state index contributed by atoms with van der Waals surface area (Å²) in [5.74, 6) is -0.352. The third-order valence-corrected chi connectivity index (χ3v) is 5.66. The highest BCUT2D eigenvalue weighted by Gasteiger charge is 2.28. The van der Waals surface area contributed by atoms with Crippen molar-refractivity contribution < 1.29 is 12.8 Å². The summed E-state index contributed by atoms with van der Waals surface area (Å²) < 4.78 is 41.1. The fourth-order valence-electron chi connectivity index (χ4n) is 2.45. The van der Waals surface area contributed by atoms with Gasteiger partial charge < -0.3 is 0 Å². The molecule has 0 spiro atoms. The number of nitrogens with one attached hydrogen (secondary N) is 1. The largest absolute Gasteiger partial charge is 0.241 e. The molecule has 2 rings (SSSR count). The second-order valence-electron chi connectivity index (χ2n) is 7.51. The molecular formula is C19H24FNO2S. The Morgan fingerprint density at radius 2 is 1.25 bits per heavy atom. The van der Waals surface area contributed by atoms with E-state index < -0.39 is 15.6 Å². The van der Waals surface area contributed by atoms with Crippen molar-refractivity contribution in [1.29, 1.82) is 0 Å². The van der Waals surface area contributed by atoms with Crippen molar-refractivity contribution in [3.8, 4) is 0 Å².